The molecular weight excluding hydrogens is 292 g/mol. The molecule has 2 fully saturated rings. The molecule has 3 aliphatic rings. The van der Waals surface area contributed by atoms with Crippen LogP contribution < -0.4 is 0 Å². The Morgan fingerprint density at radius 1 is 1.13 bits per heavy atom. The van der Waals surface area contributed by atoms with E-state index in [0.717, 1.165) is 37.7 Å². The zero-order chi connectivity index (χ0) is 15.9. The highest BCUT2D eigenvalue weighted by Gasteiger charge is 2.68. The topological polar surface area (TPSA) is 44.8 Å². The highest BCUT2D eigenvalue weighted by molar-refractivity contribution is 5.69. The molecule has 0 aromatic heterocycles. The highest BCUT2D eigenvalue weighted by Crippen LogP contribution is 2.63. The van der Waals surface area contributed by atoms with E-state index in [9.17, 15) is 4.79 Å². The Kier molecular flexibility index (Phi) is 3.69. The molecule has 1 heterocycles. The fourth-order valence-corrected chi connectivity index (χ4v) is 4.73. The molecule has 2 atom stereocenters. The van der Waals surface area contributed by atoms with Gasteiger partial charge in [-0.05, 0) is 24.8 Å². The first-order valence-electron chi connectivity index (χ1n) is 8.76. The van der Waals surface area contributed by atoms with Crippen LogP contribution in [0, 0.1) is 0 Å². The van der Waals surface area contributed by atoms with Crippen molar-refractivity contribution < 1.29 is 19.0 Å². The molecule has 0 bridgehead atoms. The minimum absolute atomic E-state index is 0.168. The van der Waals surface area contributed by atoms with Crippen molar-refractivity contribution in [3.8, 4) is 0 Å². The van der Waals surface area contributed by atoms with Crippen LogP contribution in [0.2, 0.25) is 0 Å². The first-order valence-corrected chi connectivity index (χ1v) is 8.76. The zero-order valence-corrected chi connectivity index (χ0v) is 13.7. The molecule has 0 N–H and O–H groups in total. The Bertz CT molecular complexity index is 605. The normalized spacial score (nSPS) is 32.0. The van der Waals surface area contributed by atoms with Crippen molar-refractivity contribution in [2.45, 2.75) is 62.8 Å². The van der Waals surface area contributed by atoms with Gasteiger partial charge in [-0.2, -0.15) is 0 Å². The average Bonchev–Trinajstić information content (AvgIpc) is 2.55. The van der Waals surface area contributed by atoms with Crippen LogP contribution in [0.25, 0.3) is 0 Å². The maximum atomic E-state index is 12.0. The van der Waals surface area contributed by atoms with Crippen molar-refractivity contribution in [1.82, 2.24) is 0 Å². The Morgan fingerprint density at radius 2 is 1.91 bits per heavy atom. The van der Waals surface area contributed by atoms with Gasteiger partial charge in [0.2, 0.25) is 5.79 Å². The van der Waals surface area contributed by atoms with Gasteiger partial charge in [0, 0.05) is 24.8 Å². The minimum atomic E-state index is -0.823. The van der Waals surface area contributed by atoms with E-state index in [2.05, 4.69) is 18.2 Å². The number of carbonyl (C=O) groups is 1. The quantitative estimate of drug-likeness (QED) is 0.742. The molecule has 4 heteroatoms. The SMILES string of the molecule is CC(=O)OC12c3ccccc3C1CCCCCC21OCCCO1. The Balaban J connectivity index is 1.88. The van der Waals surface area contributed by atoms with Crippen LogP contribution in [0.5, 0.6) is 0 Å². The molecule has 0 radical (unpaired) electrons. The summed E-state index contributed by atoms with van der Waals surface area (Å²) in [4.78, 5) is 12.0. The van der Waals surface area contributed by atoms with Crippen LogP contribution in [0.4, 0.5) is 0 Å². The number of rotatable bonds is 1. The molecule has 124 valence electrons. The average molecular weight is 316 g/mol. The van der Waals surface area contributed by atoms with Crippen molar-refractivity contribution in [2.24, 2.45) is 0 Å². The second-order valence-electron chi connectivity index (χ2n) is 6.87. The molecule has 1 aromatic carbocycles. The van der Waals surface area contributed by atoms with Crippen LogP contribution in [-0.4, -0.2) is 25.0 Å². The molecule has 1 aliphatic heterocycles. The summed E-state index contributed by atoms with van der Waals surface area (Å²) in [5, 5.41) is 0. The lowest BCUT2D eigenvalue weighted by Crippen LogP contribution is -2.66. The number of carbonyl (C=O) groups excluding carboxylic acids is 1. The zero-order valence-electron chi connectivity index (χ0n) is 13.7. The molecule has 4 rings (SSSR count). The molecule has 4 nitrogen and oxygen atoms in total. The number of hydrogen-bond acceptors (Lipinski definition) is 4. The highest BCUT2D eigenvalue weighted by atomic mass is 16.7. The van der Waals surface area contributed by atoms with Gasteiger partial charge >= 0.3 is 5.97 Å². The maximum absolute atomic E-state index is 12.0. The monoisotopic (exact) mass is 316 g/mol. The van der Waals surface area contributed by atoms with Crippen LogP contribution in [0.1, 0.15) is 62.5 Å². The molecule has 2 aliphatic carbocycles. The summed E-state index contributed by atoms with van der Waals surface area (Å²) >= 11 is 0. The van der Waals surface area contributed by atoms with Crippen molar-refractivity contribution >= 4 is 5.97 Å². The second kappa shape index (κ2) is 5.60. The first-order chi connectivity index (χ1) is 11.2. The van der Waals surface area contributed by atoms with Crippen molar-refractivity contribution in [2.75, 3.05) is 13.2 Å². The van der Waals surface area contributed by atoms with E-state index in [1.165, 1.54) is 18.9 Å². The van der Waals surface area contributed by atoms with E-state index in [1.54, 1.807) is 0 Å². The number of benzene rings is 1. The summed E-state index contributed by atoms with van der Waals surface area (Å²) in [6, 6.07) is 8.29. The van der Waals surface area contributed by atoms with Crippen molar-refractivity contribution in [3.05, 3.63) is 35.4 Å². The molecule has 1 aromatic rings. The fraction of sp³-hybridized carbons (Fsp3) is 0.632. The summed E-state index contributed by atoms with van der Waals surface area (Å²) < 4.78 is 18.5. The van der Waals surface area contributed by atoms with Gasteiger partial charge in [0.1, 0.15) is 0 Å². The maximum Gasteiger partial charge on any atom is 0.303 e. The van der Waals surface area contributed by atoms with Gasteiger partial charge in [-0.3, -0.25) is 4.79 Å². The van der Waals surface area contributed by atoms with Crippen molar-refractivity contribution in [3.63, 3.8) is 0 Å². The predicted molar refractivity (Wildman–Crippen MR) is 85.0 cm³/mol. The third-order valence-electron chi connectivity index (χ3n) is 5.56. The standard InChI is InChI=1S/C19H24O4/c1-14(20)23-19-16(15-8-4-5-10-17(15)19)9-3-2-6-11-18(19)21-12-7-13-22-18/h4-5,8,10,16H,2-3,6-7,9,11-13H2,1H3. The van der Waals surface area contributed by atoms with Crippen LogP contribution in [-0.2, 0) is 24.6 Å². The fourth-order valence-electron chi connectivity index (χ4n) is 4.73. The molecule has 2 unspecified atom stereocenters. The lowest BCUT2D eigenvalue weighted by Gasteiger charge is -2.60. The molecule has 1 saturated heterocycles. The number of ether oxygens (including phenoxy) is 3. The van der Waals surface area contributed by atoms with E-state index in [-0.39, 0.29) is 11.9 Å². The van der Waals surface area contributed by atoms with Gasteiger partial charge in [0.25, 0.3) is 0 Å². The van der Waals surface area contributed by atoms with Gasteiger partial charge in [0.15, 0.2) is 5.60 Å². The summed E-state index contributed by atoms with van der Waals surface area (Å²) in [6.07, 6.45) is 6.05. The Hall–Kier alpha value is -1.39. The van der Waals surface area contributed by atoms with Gasteiger partial charge in [-0.1, -0.05) is 37.1 Å². The van der Waals surface area contributed by atoms with Crippen LogP contribution in [0.15, 0.2) is 24.3 Å². The largest absolute Gasteiger partial charge is 0.448 e. The number of hydrogen-bond donors (Lipinski definition) is 0. The van der Waals surface area contributed by atoms with E-state index >= 15 is 0 Å². The molecule has 1 saturated carbocycles. The van der Waals surface area contributed by atoms with Gasteiger partial charge in [0.05, 0.1) is 13.2 Å². The van der Waals surface area contributed by atoms with Gasteiger partial charge < -0.3 is 14.2 Å². The summed E-state index contributed by atoms with van der Waals surface area (Å²) in [7, 11) is 0. The van der Waals surface area contributed by atoms with Gasteiger partial charge in [-0.25, -0.2) is 0 Å². The second-order valence-corrected chi connectivity index (χ2v) is 6.87. The van der Waals surface area contributed by atoms with Crippen molar-refractivity contribution in [1.29, 1.82) is 0 Å². The molecule has 1 spiro atoms. The van der Waals surface area contributed by atoms with Crippen LogP contribution >= 0.6 is 0 Å². The number of esters is 1. The minimum Gasteiger partial charge on any atom is -0.448 e. The lowest BCUT2D eigenvalue weighted by molar-refractivity contribution is -0.366. The Labute approximate surface area is 137 Å². The smallest absolute Gasteiger partial charge is 0.303 e. The molecule has 0 amide bonds. The summed E-state index contributed by atoms with van der Waals surface area (Å²) in [6.45, 7) is 2.82. The lowest BCUT2D eigenvalue weighted by atomic mass is 9.56. The first kappa shape index (κ1) is 15.2. The number of fused-ring (bicyclic) bond motifs is 5. The van der Waals surface area contributed by atoms with E-state index in [4.69, 9.17) is 14.2 Å². The third-order valence-corrected chi connectivity index (χ3v) is 5.56. The predicted octanol–water partition coefficient (Wildman–Crippen LogP) is 3.64. The van der Waals surface area contributed by atoms with Crippen LogP contribution in [0.3, 0.4) is 0 Å². The van der Waals surface area contributed by atoms with E-state index < -0.39 is 11.4 Å². The summed E-state index contributed by atoms with van der Waals surface area (Å²) in [5.74, 6) is -0.917. The third kappa shape index (κ3) is 2.08. The van der Waals surface area contributed by atoms with E-state index in [0.29, 0.717) is 13.2 Å². The van der Waals surface area contributed by atoms with E-state index in [1.807, 2.05) is 6.07 Å². The van der Waals surface area contributed by atoms with Gasteiger partial charge in [-0.15, -0.1) is 0 Å². The molecular formula is C19H24O4. The Morgan fingerprint density at radius 3 is 2.70 bits per heavy atom. The molecule has 23 heavy (non-hydrogen) atoms. The summed E-state index contributed by atoms with van der Waals surface area (Å²) in [5.41, 5.74) is 1.58.